The van der Waals surface area contributed by atoms with Crippen molar-refractivity contribution in [1.82, 2.24) is 15.3 Å². The summed E-state index contributed by atoms with van der Waals surface area (Å²) >= 11 is 12.1. The summed E-state index contributed by atoms with van der Waals surface area (Å²) in [7, 11) is 0. The van der Waals surface area contributed by atoms with Crippen molar-refractivity contribution >= 4 is 35.1 Å². The molecule has 3 rings (SSSR count). The zero-order valence-corrected chi connectivity index (χ0v) is 18.9. The molecule has 2 N–H and O–H groups in total. The van der Waals surface area contributed by atoms with Gasteiger partial charge >= 0.3 is 0 Å². The van der Waals surface area contributed by atoms with E-state index in [1.54, 1.807) is 24.4 Å². The Balaban J connectivity index is 1.49. The molecule has 1 heterocycles. The number of halogens is 2. The number of rotatable bonds is 9. The molecular weight excluding hydrogens is 435 g/mol. The molecule has 31 heavy (non-hydrogen) atoms. The molecule has 0 saturated carbocycles. The van der Waals surface area contributed by atoms with Crippen molar-refractivity contribution in [2.75, 3.05) is 18.4 Å². The quantitative estimate of drug-likeness (QED) is 0.415. The van der Waals surface area contributed by atoms with Gasteiger partial charge in [-0.05, 0) is 62.7 Å². The lowest BCUT2D eigenvalue weighted by atomic mass is 10.1. The summed E-state index contributed by atoms with van der Waals surface area (Å²) in [6.07, 6.45) is 2.53. The monoisotopic (exact) mass is 458 g/mol. The van der Waals surface area contributed by atoms with Crippen molar-refractivity contribution in [2.24, 2.45) is 0 Å². The van der Waals surface area contributed by atoms with Crippen LogP contribution in [-0.2, 0) is 0 Å². The van der Waals surface area contributed by atoms with Crippen molar-refractivity contribution in [3.63, 3.8) is 0 Å². The first kappa shape index (κ1) is 22.8. The van der Waals surface area contributed by atoms with E-state index in [1.807, 2.05) is 44.2 Å². The number of ether oxygens (including phenoxy) is 1. The van der Waals surface area contributed by atoms with Gasteiger partial charge in [-0.2, -0.15) is 0 Å². The fourth-order valence-electron chi connectivity index (χ4n) is 2.87. The van der Waals surface area contributed by atoms with Crippen LogP contribution in [0.3, 0.4) is 0 Å². The summed E-state index contributed by atoms with van der Waals surface area (Å²) in [5, 5.41) is 6.66. The number of hydrogen-bond donors (Lipinski definition) is 2. The number of benzene rings is 2. The molecule has 2 aromatic carbocycles. The Bertz CT molecular complexity index is 1010. The van der Waals surface area contributed by atoms with E-state index < -0.39 is 0 Å². The van der Waals surface area contributed by atoms with Gasteiger partial charge in [-0.3, -0.25) is 4.79 Å². The summed E-state index contributed by atoms with van der Waals surface area (Å²) in [4.78, 5) is 21.1. The summed E-state index contributed by atoms with van der Waals surface area (Å²) in [5.74, 6) is 1.06. The van der Waals surface area contributed by atoms with E-state index in [9.17, 15) is 4.79 Å². The lowest BCUT2D eigenvalue weighted by Crippen LogP contribution is -2.26. The Labute approximate surface area is 192 Å². The average Bonchev–Trinajstić information content (AvgIpc) is 2.74. The molecule has 0 fully saturated rings. The number of carbonyl (C=O) groups excluding carboxylic acids is 1. The number of nitrogens with one attached hydrogen (secondary N) is 2. The topological polar surface area (TPSA) is 76.1 Å². The number of nitrogens with zero attached hydrogens (tertiary/aromatic N) is 2. The van der Waals surface area contributed by atoms with Crippen molar-refractivity contribution in [3.8, 4) is 17.0 Å². The zero-order chi connectivity index (χ0) is 22.2. The van der Waals surface area contributed by atoms with E-state index in [0.717, 1.165) is 17.0 Å². The summed E-state index contributed by atoms with van der Waals surface area (Å²) in [5.41, 5.74) is 2.08. The minimum atomic E-state index is -0.293. The molecular formula is C23H24Cl2N4O2. The van der Waals surface area contributed by atoms with E-state index >= 15 is 0 Å². The highest BCUT2D eigenvalue weighted by molar-refractivity contribution is 6.39. The molecule has 0 radical (unpaired) electrons. The Morgan fingerprint density at radius 3 is 2.42 bits per heavy atom. The van der Waals surface area contributed by atoms with Gasteiger partial charge in [-0.15, -0.1) is 0 Å². The molecule has 1 aromatic heterocycles. The second-order valence-corrected chi connectivity index (χ2v) is 7.90. The highest BCUT2D eigenvalue weighted by atomic mass is 35.5. The summed E-state index contributed by atoms with van der Waals surface area (Å²) < 4.78 is 5.67. The Kier molecular flexibility index (Phi) is 8.09. The molecule has 1 amide bonds. The van der Waals surface area contributed by atoms with Crippen molar-refractivity contribution in [3.05, 3.63) is 70.3 Å². The molecule has 0 saturated heterocycles. The molecule has 3 aromatic rings. The van der Waals surface area contributed by atoms with Gasteiger partial charge in [-0.1, -0.05) is 29.3 Å². The molecule has 0 spiro atoms. The number of anilines is 1. The number of amides is 1. The highest BCUT2D eigenvalue weighted by Crippen LogP contribution is 2.24. The maximum Gasteiger partial charge on any atom is 0.254 e. The molecule has 8 heteroatoms. The van der Waals surface area contributed by atoms with Crippen LogP contribution in [0.2, 0.25) is 10.0 Å². The first-order valence-electron chi connectivity index (χ1n) is 10.0. The molecule has 0 aliphatic rings. The molecule has 0 atom stereocenters. The second kappa shape index (κ2) is 11.0. The number of hydrogen-bond acceptors (Lipinski definition) is 5. The summed E-state index contributed by atoms with van der Waals surface area (Å²) in [6, 6.07) is 14.6. The Morgan fingerprint density at radius 1 is 1.03 bits per heavy atom. The standard InChI is InChI=1S/C23H24Cl2N4O2/c1-15(2)31-17-9-7-16(8-10-17)20-11-14-28-23(29-20)27-13-4-12-26-22(30)21-18(24)5-3-6-19(21)25/h3,5-11,14-15H,4,12-13H2,1-2H3,(H,26,30)(H,27,28,29). The van der Waals surface area contributed by atoms with Crippen LogP contribution in [0.25, 0.3) is 11.3 Å². The van der Waals surface area contributed by atoms with E-state index in [4.69, 9.17) is 27.9 Å². The maximum absolute atomic E-state index is 12.3. The smallest absolute Gasteiger partial charge is 0.254 e. The average molecular weight is 459 g/mol. The maximum atomic E-state index is 12.3. The van der Waals surface area contributed by atoms with Gasteiger partial charge in [-0.25, -0.2) is 9.97 Å². The summed E-state index contributed by atoms with van der Waals surface area (Å²) in [6.45, 7) is 5.05. The van der Waals surface area contributed by atoms with Gasteiger partial charge in [0.05, 0.1) is 27.4 Å². The van der Waals surface area contributed by atoms with Crippen molar-refractivity contribution < 1.29 is 9.53 Å². The minimum absolute atomic E-state index is 0.132. The van der Waals surface area contributed by atoms with Gasteiger partial charge in [0.2, 0.25) is 5.95 Å². The van der Waals surface area contributed by atoms with Crippen LogP contribution in [0, 0.1) is 0 Å². The largest absolute Gasteiger partial charge is 0.491 e. The van der Waals surface area contributed by atoms with Crippen molar-refractivity contribution in [2.45, 2.75) is 26.4 Å². The number of carbonyl (C=O) groups is 1. The van der Waals surface area contributed by atoms with E-state index in [-0.39, 0.29) is 12.0 Å². The molecule has 0 bridgehead atoms. The zero-order valence-electron chi connectivity index (χ0n) is 17.4. The normalized spacial score (nSPS) is 10.7. The van der Waals surface area contributed by atoms with Crippen LogP contribution in [-0.4, -0.2) is 35.1 Å². The van der Waals surface area contributed by atoms with Gasteiger partial charge in [0, 0.05) is 24.8 Å². The fraction of sp³-hybridized carbons (Fsp3) is 0.261. The number of aromatic nitrogens is 2. The first-order valence-corrected chi connectivity index (χ1v) is 10.8. The van der Waals surface area contributed by atoms with E-state index in [1.165, 1.54) is 0 Å². The van der Waals surface area contributed by atoms with Crippen molar-refractivity contribution in [1.29, 1.82) is 0 Å². The van der Waals surface area contributed by atoms with Crippen LogP contribution in [0.4, 0.5) is 5.95 Å². The third kappa shape index (κ3) is 6.57. The molecule has 0 unspecified atom stereocenters. The van der Waals surface area contributed by atoms with E-state index in [0.29, 0.717) is 41.1 Å². The van der Waals surface area contributed by atoms with Gasteiger partial charge in [0.1, 0.15) is 5.75 Å². The molecule has 6 nitrogen and oxygen atoms in total. The Hall–Kier alpha value is -2.83. The lowest BCUT2D eigenvalue weighted by Gasteiger charge is -2.11. The molecule has 0 aliphatic heterocycles. The molecule has 162 valence electrons. The SMILES string of the molecule is CC(C)Oc1ccc(-c2ccnc(NCCCNC(=O)c3c(Cl)cccc3Cl)n2)cc1. The highest BCUT2D eigenvalue weighted by Gasteiger charge is 2.13. The van der Waals surface area contributed by atoms with Crippen LogP contribution >= 0.6 is 23.2 Å². The van der Waals surface area contributed by atoms with Crippen LogP contribution < -0.4 is 15.4 Å². The van der Waals surface area contributed by atoms with Crippen LogP contribution in [0.1, 0.15) is 30.6 Å². The Morgan fingerprint density at radius 2 is 1.74 bits per heavy atom. The van der Waals surface area contributed by atoms with Gasteiger partial charge in [0.25, 0.3) is 5.91 Å². The van der Waals surface area contributed by atoms with E-state index in [2.05, 4.69) is 20.6 Å². The first-order chi connectivity index (χ1) is 14.9. The predicted octanol–water partition coefficient (Wildman–Crippen LogP) is 5.47. The molecule has 0 aliphatic carbocycles. The van der Waals surface area contributed by atoms with Gasteiger partial charge < -0.3 is 15.4 Å². The minimum Gasteiger partial charge on any atom is -0.491 e. The predicted molar refractivity (Wildman–Crippen MR) is 125 cm³/mol. The lowest BCUT2D eigenvalue weighted by molar-refractivity contribution is 0.0954. The third-order valence-electron chi connectivity index (χ3n) is 4.29. The van der Waals surface area contributed by atoms with Crippen LogP contribution in [0.15, 0.2) is 54.7 Å². The van der Waals surface area contributed by atoms with Crippen LogP contribution in [0.5, 0.6) is 5.75 Å². The second-order valence-electron chi connectivity index (χ2n) is 7.09. The third-order valence-corrected chi connectivity index (χ3v) is 4.92. The van der Waals surface area contributed by atoms with Gasteiger partial charge in [0.15, 0.2) is 0 Å². The fourth-order valence-corrected chi connectivity index (χ4v) is 3.44.